The smallest absolute Gasteiger partial charge is 0.133 e. The number of hydrogen-bond donors (Lipinski definition) is 0. The van der Waals surface area contributed by atoms with Crippen LogP contribution in [0.3, 0.4) is 0 Å². The number of Topliss-reactive ketones (excluding diaryl/α,β-unsaturated/α-hetero) is 1. The van der Waals surface area contributed by atoms with E-state index >= 15 is 0 Å². The standard InChI is InChI=1S/C13H19NO2/c1-10(15)8-11(2)16-13-7-5-6-12(9-13)14(3)4/h5-7,9,11H,8H2,1-4H3. The van der Waals surface area contributed by atoms with E-state index in [0.717, 1.165) is 11.4 Å². The fraction of sp³-hybridized carbons (Fsp3) is 0.462. The fourth-order valence-corrected chi connectivity index (χ4v) is 1.51. The Labute approximate surface area is 97.0 Å². The van der Waals surface area contributed by atoms with Crippen molar-refractivity contribution in [2.24, 2.45) is 0 Å². The summed E-state index contributed by atoms with van der Waals surface area (Å²) in [7, 11) is 3.97. The summed E-state index contributed by atoms with van der Waals surface area (Å²) in [6.45, 7) is 3.49. The van der Waals surface area contributed by atoms with Crippen LogP contribution in [-0.4, -0.2) is 26.0 Å². The maximum Gasteiger partial charge on any atom is 0.133 e. The first-order valence-corrected chi connectivity index (χ1v) is 5.42. The van der Waals surface area contributed by atoms with Crippen LogP contribution in [0.1, 0.15) is 20.3 Å². The Hall–Kier alpha value is -1.51. The molecule has 0 aliphatic rings. The van der Waals surface area contributed by atoms with E-state index in [1.807, 2.05) is 50.2 Å². The molecule has 0 bridgehead atoms. The van der Waals surface area contributed by atoms with Crippen LogP contribution in [0, 0.1) is 0 Å². The van der Waals surface area contributed by atoms with Crippen LogP contribution in [0.5, 0.6) is 5.75 Å². The molecule has 0 aliphatic heterocycles. The summed E-state index contributed by atoms with van der Waals surface area (Å²) in [5, 5.41) is 0. The van der Waals surface area contributed by atoms with Crippen molar-refractivity contribution < 1.29 is 9.53 Å². The van der Waals surface area contributed by atoms with E-state index in [0.29, 0.717) is 6.42 Å². The van der Waals surface area contributed by atoms with Gasteiger partial charge in [-0.3, -0.25) is 4.79 Å². The lowest BCUT2D eigenvalue weighted by atomic mass is 10.2. The van der Waals surface area contributed by atoms with Gasteiger partial charge in [-0.05, 0) is 26.0 Å². The molecule has 0 saturated heterocycles. The van der Waals surface area contributed by atoms with Crippen LogP contribution in [0.2, 0.25) is 0 Å². The van der Waals surface area contributed by atoms with Gasteiger partial charge in [0.1, 0.15) is 17.6 Å². The molecule has 0 radical (unpaired) electrons. The highest BCUT2D eigenvalue weighted by Crippen LogP contribution is 2.20. The van der Waals surface area contributed by atoms with Crippen LogP contribution in [0.15, 0.2) is 24.3 Å². The lowest BCUT2D eigenvalue weighted by molar-refractivity contribution is -0.118. The molecule has 0 aromatic heterocycles. The minimum atomic E-state index is -0.0742. The molecular weight excluding hydrogens is 202 g/mol. The predicted molar refractivity (Wildman–Crippen MR) is 66.2 cm³/mol. The van der Waals surface area contributed by atoms with Crippen molar-refractivity contribution in [3.8, 4) is 5.75 Å². The monoisotopic (exact) mass is 221 g/mol. The van der Waals surface area contributed by atoms with Gasteiger partial charge in [0.05, 0.1) is 0 Å². The van der Waals surface area contributed by atoms with Crippen LogP contribution < -0.4 is 9.64 Å². The first kappa shape index (κ1) is 12.6. The number of anilines is 1. The predicted octanol–water partition coefficient (Wildman–Crippen LogP) is 2.50. The molecule has 0 saturated carbocycles. The molecule has 0 spiro atoms. The highest BCUT2D eigenvalue weighted by Gasteiger charge is 2.07. The average Bonchev–Trinajstić information content (AvgIpc) is 2.16. The zero-order valence-electron chi connectivity index (χ0n) is 10.4. The van der Waals surface area contributed by atoms with Gasteiger partial charge in [-0.1, -0.05) is 6.07 Å². The minimum absolute atomic E-state index is 0.0742. The summed E-state index contributed by atoms with van der Waals surface area (Å²) in [6, 6.07) is 7.84. The van der Waals surface area contributed by atoms with Crippen LogP contribution in [0.4, 0.5) is 5.69 Å². The molecular formula is C13H19NO2. The van der Waals surface area contributed by atoms with Crippen LogP contribution >= 0.6 is 0 Å². The van der Waals surface area contributed by atoms with Crippen LogP contribution in [0.25, 0.3) is 0 Å². The number of rotatable bonds is 5. The summed E-state index contributed by atoms with van der Waals surface area (Å²) in [5.74, 6) is 0.955. The molecule has 0 heterocycles. The lowest BCUT2D eigenvalue weighted by Crippen LogP contribution is -2.16. The van der Waals surface area contributed by atoms with Crippen molar-refractivity contribution in [1.82, 2.24) is 0 Å². The van der Waals surface area contributed by atoms with E-state index in [4.69, 9.17) is 4.74 Å². The second-order valence-electron chi connectivity index (χ2n) is 4.23. The number of carbonyl (C=O) groups excluding carboxylic acids is 1. The Morgan fingerprint density at radius 3 is 2.69 bits per heavy atom. The molecule has 1 rings (SSSR count). The lowest BCUT2D eigenvalue weighted by Gasteiger charge is -2.16. The molecule has 16 heavy (non-hydrogen) atoms. The van der Waals surface area contributed by atoms with Gasteiger partial charge in [-0.2, -0.15) is 0 Å². The van der Waals surface area contributed by atoms with Crippen LogP contribution in [-0.2, 0) is 4.79 Å². The van der Waals surface area contributed by atoms with Gasteiger partial charge in [-0.15, -0.1) is 0 Å². The van der Waals surface area contributed by atoms with E-state index in [9.17, 15) is 4.79 Å². The first-order chi connectivity index (χ1) is 7.49. The summed E-state index contributed by atoms with van der Waals surface area (Å²) in [6.07, 6.45) is 0.376. The van der Waals surface area contributed by atoms with Gasteiger partial charge < -0.3 is 9.64 Å². The van der Waals surface area contributed by atoms with Gasteiger partial charge in [0.25, 0.3) is 0 Å². The summed E-state index contributed by atoms with van der Waals surface area (Å²) < 4.78 is 5.67. The zero-order chi connectivity index (χ0) is 12.1. The highest BCUT2D eigenvalue weighted by molar-refractivity contribution is 5.75. The normalized spacial score (nSPS) is 12.0. The van der Waals surface area contributed by atoms with Gasteiger partial charge in [0.2, 0.25) is 0 Å². The van der Waals surface area contributed by atoms with Gasteiger partial charge >= 0.3 is 0 Å². The third kappa shape index (κ3) is 3.93. The molecule has 0 amide bonds. The number of carbonyl (C=O) groups is 1. The largest absolute Gasteiger partial charge is 0.490 e. The quantitative estimate of drug-likeness (QED) is 0.765. The Morgan fingerprint density at radius 2 is 2.12 bits per heavy atom. The van der Waals surface area contributed by atoms with Gasteiger partial charge in [0, 0.05) is 32.3 Å². The molecule has 1 aromatic rings. The molecule has 0 fully saturated rings. The van der Waals surface area contributed by atoms with E-state index in [1.165, 1.54) is 0 Å². The van der Waals surface area contributed by atoms with Gasteiger partial charge in [-0.25, -0.2) is 0 Å². The fourth-order valence-electron chi connectivity index (χ4n) is 1.51. The third-order valence-corrected chi connectivity index (χ3v) is 2.25. The maximum atomic E-state index is 10.9. The molecule has 1 aromatic carbocycles. The summed E-state index contributed by atoms with van der Waals surface area (Å²) in [4.78, 5) is 12.9. The van der Waals surface area contributed by atoms with Crippen molar-refractivity contribution in [2.75, 3.05) is 19.0 Å². The van der Waals surface area contributed by atoms with E-state index in [1.54, 1.807) is 6.92 Å². The van der Waals surface area contributed by atoms with Crippen molar-refractivity contribution >= 4 is 11.5 Å². The molecule has 88 valence electrons. The molecule has 3 heteroatoms. The summed E-state index contributed by atoms with van der Waals surface area (Å²) in [5.41, 5.74) is 1.09. The molecule has 0 aliphatic carbocycles. The molecule has 0 N–H and O–H groups in total. The van der Waals surface area contributed by atoms with Crippen molar-refractivity contribution in [2.45, 2.75) is 26.4 Å². The average molecular weight is 221 g/mol. The number of benzene rings is 1. The minimum Gasteiger partial charge on any atom is -0.490 e. The van der Waals surface area contributed by atoms with Crippen molar-refractivity contribution in [1.29, 1.82) is 0 Å². The number of hydrogen-bond acceptors (Lipinski definition) is 3. The Balaban J connectivity index is 2.66. The molecule has 3 nitrogen and oxygen atoms in total. The topological polar surface area (TPSA) is 29.5 Å². The van der Waals surface area contributed by atoms with Crippen molar-refractivity contribution in [3.05, 3.63) is 24.3 Å². The van der Waals surface area contributed by atoms with E-state index in [2.05, 4.69) is 0 Å². The molecule has 1 atom stereocenters. The summed E-state index contributed by atoms with van der Waals surface area (Å²) >= 11 is 0. The first-order valence-electron chi connectivity index (χ1n) is 5.42. The number of nitrogens with zero attached hydrogens (tertiary/aromatic N) is 1. The Kier molecular flexibility index (Phi) is 4.35. The third-order valence-electron chi connectivity index (χ3n) is 2.25. The van der Waals surface area contributed by atoms with Crippen molar-refractivity contribution in [3.63, 3.8) is 0 Å². The Morgan fingerprint density at radius 1 is 1.44 bits per heavy atom. The van der Waals surface area contributed by atoms with E-state index in [-0.39, 0.29) is 11.9 Å². The van der Waals surface area contributed by atoms with E-state index < -0.39 is 0 Å². The number of ketones is 1. The Bertz CT molecular complexity index is 361. The second-order valence-corrected chi connectivity index (χ2v) is 4.23. The maximum absolute atomic E-state index is 10.9. The number of ether oxygens (including phenoxy) is 1. The van der Waals surface area contributed by atoms with Gasteiger partial charge in [0.15, 0.2) is 0 Å². The second kappa shape index (κ2) is 5.54. The molecule has 1 unspecified atom stereocenters. The zero-order valence-corrected chi connectivity index (χ0v) is 10.4. The SMILES string of the molecule is CC(=O)CC(C)Oc1cccc(N(C)C)c1. The highest BCUT2D eigenvalue weighted by atomic mass is 16.5.